The number of nitrogens with zero attached hydrogens (tertiary/aromatic N) is 2. The number of imidazole rings is 1. The summed E-state index contributed by atoms with van der Waals surface area (Å²) in [7, 11) is -4.55. The number of carbonyl (C=O) groups is 1. The Labute approximate surface area is 96.1 Å². The van der Waals surface area contributed by atoms with Crippen LogP contribution in [0.3, 0.4) is 0 Å². The molecule has 2 N–H and O–H groups in total. The van der Waals surface area contributed by atoms with Crippen molar-refractivity contribution < 1.29 is 22.9 Å². The first-order valence-corrected chi connectivity index (χ1v) is 5.98. The molecule has 0 saturated carbocycles. The van der Waals surface area contributed by atoms with Crippen LogP contribution in [0.1, 0.15) is 0 Å². The van der Waals surface area contributed by atoms with Crippen molar-refractivity contribution in [2.75, 3.05) is 0 Å². The summed E-state index contributed by atoms with van der Waals surface area (Å²) in [5.74, 6) is -1.22. The van der Waals surface area contributed by atoms with E-state index in [9.17, 15) is 13.2 Å². The highest BCUT2D eigenvalue weighted by molar-refractivity contribution is 7.85. The number of rotatable bonds is 3. The average Bonchev–Trinajstić information content (AvgIpc) is 2.56. The first-order valence-electron chi connectivity index (χ1n) is 4.54. The molecular formula is C9H8N2O5S. The third kappa shape index (κ3) is 2.12. The van der Waals surface area contributed by atoms with E-state index in [0.717, 1.165) is 4.57 Å². The highest BCUT2D eigenvalue weighted by atomic mass is 32.2. The Morgan fingerprint density at radius 1 is 1.35 bits per heavy atom. The predicted octanol–water partition coefficient (Wildman–Crippen LogP) is 0.368. The van der Waals surface area contributed by atoms with E-state index in [4.69, 9.17) is 9.66 Å². The van der Waals surface area contributed by atoms with Gasteiger partial charge in [-0.25, -0.2) is 4.98 Å². The third-order valence-corrected chi connectivity index (χ3v) is 2.92. The Morgan fingerprint density at radius 3 is 2.59 bits per heavy atom. The molecule has 0 aliphatic rings. The molecule has 0 aliphatic carbocycles. The smallest absolute Gasteiger partial charge is 0.328 e. The molecular weight excluding hydrogens is 248 g/mol. The number of aromatic nitrogens is 2. The standard InChI is InChI=1S/C9H8N2O5S/c12-8(13)5-11-7-4-2-1-3-6(7)10-9(11)17(14,15)16/h1-4H,5H2,(H,12,13)(H,14,15,16). The normalized spacial score (nSPS) is 11.8. The molecule has 0 unspecified atom stereocenters. The van der Waals surface area contributed by atoms with E-state index in [1.807, 2.05) is 0 Å². The first-order chi connectivity index (χ1) is 7.89. The number of hydrogen-bond donors (Lipinski definition) is 2. The molecule has 0 saturated heterocycles. The maximum Gasteiger partial charge on any atom is 0.328 e. The van der Waals surface area contributed by atoms with Crippen LogP contribution in [0.5, 0.6) is 0 Å². The second kappa shape index (κ2) is 3.82. The number of benzene rings is 1. The molecule has 17 heavy (non-hydrogen) atoms. The van der Waals surface area contributed by atoms with Crippen LogP contribution in [0.2, 0.25) is 0 Å². The quantitative estimate of drug-likeness (QED) is 0.768. The van der Waals surface area contributed by atoms with Crippen molar-refractivity contribution in [3.63, 3.8) is 0 Å². The van der Waals surface area contributed by atoms with Crippen LogP contribution in [0, 0.1) is 0 Å². The molecule has 1 aromatic heterocycles. The fourth-order valence-corrected chi connectivity index (χ4v) is 2.19. The summed E-state index contributed by atoms with van der Waals surface area (Å²) < 4.78 is 32.1. The van der Waals surface area contributed by atoms with Crippen molar-refractivity contribution in [2.24, 2.45) is 0 Å². The average molecular weight is 256 g/mol. The van der Waals surface area contributed by atoms with Gasteiger partial charge in [-0.3, -0.25) is 9.35 Å². The zero-order chi connectivity index (χ0) is 12.6. The van der Waals surface area contributed by atoms with Gasteiger partial charge in [0.25, 0.3) is 5.16 Å². The summed E-state index contributed by atoms with van der Waals surface area (Å²) >= 11 is 0. The largest absolute Gasteiger partial charge is 0.480 e. The Balaban J connectivity index is 2.78. The SMILES string of the molecule is O=C(O)Cn1c(S(=O)(=O)O)nc2ccccc21. The molecule has 7 nitrogen and oxygen atoms in total. The maximum atomic E-state index is 11.1. The van der Waals surface area contributed by atoms with Gasteiger partial charge in [-0.15, -0.1) is 0 Å². The highest BCUT2D eigenvalue weighted by Crippen LogP contribution is 2.18. The van der Waals surface area contributed by atoms with E-state index in [-0.39, 0.29) is 0 Å². The molecule has 0 radical (unpaired) electrons. The Hall–Kier alpha value is -1.93. The van der Waals surface area contributed by atoms with Crippen molar-refractivity contribution in [2.45, 2.75) is 11.7 Å². The number of carboxylic acids is 1. The Bertz CT molecular complexity index is 688. The van der Waals surface area contributed by atoms with Crippen molar-refractivity contribution >= 4 is 27.1 Å². The molecule has 0 bridgehead atoms. The molecule has 2 aromatic rings. The monoisotopic (exact) mass is 256 g/mol. The summed E-state index contributed by atoms with van der Waals surface area (Å²) in [6.45, 7) is -0.588. The summed E-state index contributed by atoms with van der Waals surface area (Å²) in [6, 6.07) is 6.31. The van der Waals surface area contributed by atoms with Gasteiger partial charge in [0.05, 0.1) is 11.0 Å². The molecule has 2 rings (SSSR count). The molecule has 1 aromatic carbocycles. The fourth-order valence-electron chi connectivity index (χ4n) is 1.54. The summed E-state index contributed by atoms with van der Waals surface area (Å²) in [5, 5.41) is 8.04. The second-order valence-electron chi connectivity index (χ2n) is 3.34. The van der Waals surface area contributed by atoms with Gasteiger partial charge in [-0.05, 0) is 12.1 Å². The van der Waals surface area contributed by atoms with Gasteiger partial charge in [-0.2, -0.15) is 8.42 Å². The van der Waals surface area contributed by atoms with Crippen LogP contribution in [-0.4, -0.2) is 33.6 Å². The molecule has 1 heterocycles. The molecule has 0 spiro atoms. The van der Waals surface area contributed by atoms with Crippen molar-refractivity contribution in [1.29, 1.82) is 0 Å². The van der Waals surface area contributed by atoms with Crippen LogP contribution >= 0.6 is 0 Å². The van der Waals surface area contributed by atoms with E-state index < -0.39 is 27.8 Å². The van der Waals surface area contributed by atoms with Gasteiger partial charge in [0, 0.05) is 0 Å². The lowest BCUT2D eigenvalue weighted by molar-refractivity contribution is -0.137. The van der Waals surface area contributed by atoms with Gasteiger partial charge in [0.1, 0.15) is 6.54 Å². The third-order valence-electron chi connectivity index (χ3n) is 2.14. The minimum absolute atomic E-state index is 0.307. The number of fused-ring (bicyclic) bond motifs is 1. The molecule has 0 atom stereocenters. The predicted molar refractivity (Wildman–Crippen MR) is 57.2 cm³/mol. The maximum absolute atomic E-state index is 11.1. The summed E-state index contributed by atoms with van der Waals surface area (Å²) in [4.78, 5) is 14.4. The van der Waals surface area contributed by atoms with Gasteiger partial charge in [0.15, 0.2) is 0 Å². The molecule has 90 valence electrons. The Morgan fingerprint density at radius 2 is 2.00 bits per heavy atom. The zero-order valence-electron chi connectivity index (χ0n) is 8.44. The fraction of sp³-hybridized carbons (Fsp3) is 0.111. The van der Waals surface area contributed by atoms with Gasteiger partial charge >= 0.3 is 16.1 Å². The molecule has 0 amide bonds. The van der Waals surface area contributed by atoms with Crippen molar-refractivity contribution in [3.8, 4) is 0 Å². The first kappa shape index (κ1) is 11.6. The lowest BCUT2D eigenvalue weighted by Gasteiger charge is -2.02. The number of aliphatic carboxylic acids is 1. The van der Waals surface area contributed by atoms with E-state index in [1.165, 1.54) is 12.1 Å². The van der Waals surface area contributed by atoms with E-state index >= 15 is 0 Å². The van der Waals surface area contributed by atoms with Crippen LogP contribution in [0.25, 0.3) is 11.0 Å². The second-order valence-corrected chi connectivity index (χ2v) is 4.65. The topological polar surface area (TPSA) is 109 Å². The number of carboxylic acid groups (broad SMARTS) is 1. The van der Waals surface area contributed by atoms with Crippen LogP contribution in [0.15, 0.2) is 29.4 Å². The molecule has 8 heteroatoms. The van der Waals surface area contributed by atoms with E-state index in [2.05, 4.69) is 4.98 Å². The number of hydrogen-bond acceptors (Lipinski definition) is 4. The lowest BCUT2D eigenvalue weighted by Crippen LogP contribution is -2.15. The Kier molecular flexibility index (Phi) is 2.60. The molecule has 0 fully saturated rings. The number of para-hydroxylation sites is 2. The summed E-state index contributed by atoms with van der Waals surface area (Å²) in [5.41, 5.74) is 0.643. The highest BCUT2D eigenvalue weighted by Gasteiger charge is 2.22. The minimum atomic E-state index is -4.55. The van der Waals surface area contributed by atoms with Crippen molar-refractivity contribution in [1.82, 2.24) is 9.55 Å². The van der Waals surface area contributed by atoms with E-state index in [1.54, 1.807) is 12.1 Å². The summed E-state index contributed by atoms with van der Waals surface area (Å²) in [6.07, 6.45) is 0. The van der Waals surface area contributed by atoms with Gasteiger partial charge < -0.3 is 9.67 Å². The zero-order valence-corrected chi connectivity index (χ0v) is 9.25. The van der Waals surface area contributed by atoms with Gasteiger partial charge in [-0.1, -0.05) is 12.1 Å². The van der Waals surface area contributed by atoms with E-state index in [0.29, 0.717) is 11.0 Å². The minimum Gasteiger partial charge on any atom is -0.480 e. The van der Waals surface area contributed by atoms with Crippen LogP contribution in [0.4, 0.5) is 0 Å². The lowest BCUT2D eigenvalue weighted by atomic mass is 10.3. The molecule has 0 aliphatic heterocycles. The van der Waals surface area contributed by atoms with Crippen LogP contribution < -0.4 is 0 Å². The van der Waals surface area contributed by atoms with Gasteiger partial charge in [0.2, 0.25) is 0 Å². The van der Waals surface area contributed by atoms with Crippen molar-refractivity contribution in [3.05, 3.63) is 24.3 Å². The van der Waals surface area contributed by atoms with Crippen LogP contribution in [-0.2, 0) is 21.5 Å².